The van der Waals surface area contributed by atoms with Gasteiger partial charge in [0.2, 0.25) is 0 Å². The predicted molar refractivity (Wildman–Crippen MR) is 83.1 cm³/mol. The Morgan fingerprint density at radius 3 is 2.71 bits per heavy atom. The Labute approximate surface area is 125 Å². The van der Waals surface area contributed by atoms with Crippen LogP contribution in [-0.4, -0.2) is 34.6 Å². The molecule has 2 heterocycles. The maximum Gasteiger partial charge on any atom is 0.146 e. The molecule has 0 aliphatic heterocycles. The van der Waals surface area contributed by atoms with E-state index in [2.05, 4.69) is 25.2 Å². The zero-order chi connectivity index (χ0) is 14.5. The molecule has 1 N–H and O–H groups in total. The van der Waals surface area contributed by atoms with Crippen molar-refractivity contribution >= 4 is 5.82 Å². The van der Waals surface area contributed by atoms with E-state index in [1.165, 1.54) is 12.8 Å². The summed E-state index contributed by atoms with van der Waals surface area (Å²) < 4.78 is 0. The highest BCUT2D eigenvalue weighted by atomic mass is 15.2. The van der Waals surface area contributed by atoms with Gasteiger partial charge in [-0.2, -0.15) is 0 Å². The number of nitrogens with one attached hydrogen (secondary N) is 1. The lowest BCUT2D eigenvalue weighted by Crippen LogP contribution is -2.22. The fourth-order valence-corrected chi connectivity index (χ4v) is 2.12. The van der Waals surface area contributed by atoms with Crippen molar-refractivity contribution in [2.75, 3.05) is 18.5 Å². The van der Waals surface area contributed by atoms with Crippen LogP contribution in [0.4, 0.5) is 5.82 Å². The van der Waals surface area contributed by atoms with E-state index in [0.717, 1.165) is 36.7 Å². The number of hydrogen-bond donors (Lipinski definition) is 1. The molecule has 1 aliphatic rings. The summed E-state index contributed by atoms with van der Waals surface area (Å²) in [5.74, 6) is 0.904. The third-order valence-electron chi connectivity index (χ3n) is 3.66. The second-order valence-corrected chi connectivity index (χ2v) is 5.51. The van der Waals surface area contributed by atoms with Crippen LogP contribution in [0, 0.1) is 0 Å². The molecule has 110 valence electrons. The van der Waals surface area contributed by atoms with Crippen LogP contribution in [-0.2, 0) is 13.0 Å². The Bertz CT molecular complexity index is 551. The number of anilines is 1. The van der Waals surface area contributed by atoms with Gasteiger partial charge in [0.25, 0.3) is 0 Å². The van der Waals surface area contributed by atoms with Crippen LogP contribution in [0.2, 0.25) is 0 Å². The summed E-state index contributed by atoms with van der Waals surface area (Å²) in [6.45, 7) is 1.70. The summed E-state index contributed by atoms with van der Waals surface area (Å²) in [5, 5.41) is 3.44. The molecular weight excluding hydrogens is 262 g/mol. The van der Waals surface area contributed by atoms with Gasteiger partial charge in [0.1, 0.15) is 5.82 Å². The van der Waals surface area contributed by atoms with Crippen molar-refractivity contribution in [3.8, 4) is 0 Å². The minimum atomic E-state index is 0.701. The van der Waals surface area contributed by atoms with Crippen LogP contribution in [0.25, 0.3) is 0 Å². The van der Waals surface area contributed by atoms with Gasteiger partial charge < -0.3 is 10.2 Å². The molecular formula is C16H21N5. The lowest BCUT2D eigenvalue weighted by Gasteiger charge is -2.17. The van der Waals surface area contributed by atoms with Crippen LogP contribution in [0.1, 0.15) is 24.2 Å². The van der Waals surface area contributed by atoms with Crippen LogP contribution < -0.4 is 10.2 Å². The van der Waals surface area contributed by atoms with E-state index in [1.54, 1.807) is 0 Å². The minimum Gasteiger partial charge on any atom is -0.358 e. The highest BCUT2D eigenvalue weighted by Crippen LogP contribution is 2.19. The predicted octanol–water partition coefficient (Wildman–Crippen LogP) is 1.80. The average Bonchev–Trinajstić information content (AvgIpc) is 3.36. The highest BCUT2D eigenvalue weighted by Gasteiger charge is 2.20. The van der Waals surface area contributed by atoms with Gasteiger partial charge in [0, 0.05) is 44.5 Å². The molecule has 5 nitrogen and oxygen atoms in total. The molecule has 0 radical (unpaired) electrons. The monoisotopic (exact) mass is 283 g/mol. The molecule has 21 heavy (non-hydrogen) atoms. The third kappa shape index (κ3) is 4.23. The van der Waals surface area contributed by atoms with Gasteiger partial charge in [-0.25, -0.2) is 4.98 Å². The van der Waals surface area contributed by atoms with E-state index < -0.39 is 0 Å². The second kappa shape index (κ2) is 6.63. The van der Waals surface area contributed by atoms with Crippen molar-refractivity contribution in [1.82, 2.24) is 20.3 Å². The van der Waals surface area contributed by atoms with Gasteiger partial charge in [0.15, 0.2) is 0 Å². The molecule has 1 fully saturated rings. The topological polar surface area (TPSA) is 53.9 Å². The van der Waals surface area contributed by atoms with Gasteiger partial charge in [-0.1, -0.05) is 6.07 Å². The fourth-order valence-electron chi connectivity index (χ4n) is 2.12. The fraction of sp³-hybridized carbons (Fsp3) is 0.438. The average molecular weight is 283 g/mol. The van der Waals surface area contributed by atoms with E-state index in [1.807, 2.05) is 43.8 Å². The smallest absolute Gasteiger partial charge is 0.146 e. The van der Waals surface area contributed by atoms with E-state index in [0.29, 0.717) is 6.04 Å². The maximum atomic E-state index is 4.49. The standard InChI is InChI=1S/C16H21N5/c1-21(9-7-13-4-2-3-8-17-13)16-12-19-15(11-20-16)10-18-14-5-6-14/h2-4,8,11-12,14,18H,5-7,9-10H2,1H3. The SMILES string of the molecule is CN(CCc1ccccn1)c1cnc(CNC2CC2)cn1. The Morgan fingerprint density at radius 1 is 1.14 bits per heavy atom. The largest absolute Gasteiger partial charge is 0.358 e. The van der Waals surface area contributed by atoms with Crippen LogP contribution >= 0.6 is 0 Å². The van der Waals surface area contributed by atoms with Crippen molar-refractivity contribution in [1.29, 1.82) is 0 Å². The van der Waals surface area contributed by atoms with Gasteiger partial charge in [-0.05, 0) is 25.0 Å². The molecule has 1 aliphatic carbocycles. The Kier molecular flexibility index (Phi) is 4.40. The lowest BCUT2D eigenvalue weighted by atomic mass is 10.2. The van der Waals surface area contributed by atoms with E-state index in [9.17, 15) is 0 Å². The first-order valence-electron chi connectivity index (χ1n) is 7.46. The minimum absolute atomic E-state index is 0.701. The molecule has 0 atom stereocenters. The molecule has 3 rings (SSSR count). The normalized spacial score (nSPS) is 14.1. The number of hydrogen-bond acceptors (Lipinski definition) is 5. The van der Waals surface area contributed by atoms with Crippen molar-refractivity contribution in [3.05, 3.63) is 48.2 Å². The zero-order valence-electron chi connectivity index (χ0n) is 12.4. The zero-order valence-corrected chi connectivity index (χ0v) is 12.4. The summed E-state index contributed by atoms with van der Waals surface area (Å²) in [4.78, 5) is 15.4. The molecule has 0 aromatic carbocycles. The summed E-state index contributed by atoms with van der Waals surface area (Å²) in [5.41, 5.74) is 2.10. The van der Waals surface area contributed by atoms with Crippen LogP contribution in [0.3, 0.4) is 0 Å². The summed E-state index contributed by atoms with van der Waals surface area (Å²) in [6.07, 6.45) is 9.04. The van der Waals surface area contributed by atoms with Gasteiger partial charge >= 0.3 is 0 Å². The molecule has 2 aromatic heterocycles. The van der Waals surface area contributed by atoms with E-state index in [4.69, 9.17) is 0 Å². The molecule has 0 bridgehead atoms. The summed E-state index contributed by atoms with van der Waals surface area (Å²) in [7, 11) is 2.04. The highest BCUT2D eigenvalue weighted by molar-refractivity contribution is 5.34. The number of rotatable bonds is 7. The number of pyridine rings is 1. The number of nitrogens with zero attached hydrogens (tertiary/aromatic N) is 4. The lowest BCUT2D eigenvalue weighted by molar-refractivity contribution is 0.671. The first kappa shape index (κ1) is 13.9. The van der Waals surface area contributed by atoms with E-state index >= 15 is 0 Å². The van der Waals surface area contributed by atoms with Crippen LogP contribution in [0.5, 0.6) is 0 Å². The Morgan fingerprint density at radius 2 is 2.05 bits per heavy atom. The maximum absolute atomic E-state index is 4.49. The quantitative estimate of drug-likeness (QED) is 0.840. The van der Waals surface area contributed by atoms with Crippen LogP contribution in [0.15, 0.2) is 36.8 Å². The molecule has 2 aromatic rings. The van der Waals surface area contributed by atoms with Crippen molar-refractivity contribution in [2.24, 2.45) is 0 Å². The second-order valence-electron chi connectivity index (χ2n) is 5.51. The van der Waals surface area contributed by atoms with Crippen molar-refractivity contribution < 1.29 is 0 Å². The molecule has 5 heteroatoms. The number of likely N-dealkylation sites (N-methyl/N-ethyl adjacent to an activating group) is 1. The Balaban J connectivity index is 1.50. The van der Waals surface area contributed by atoms with E-state index in [-0.39, 0.29) is 0 Å². The van der Waals surface area contributed by atoms with Gasteiger partial charge in [0.05, 0.1) is 18.1 Å². The molecule has 1 saturated carbocycles. The number of aromatic nitrogens is 3. The molecule has 0 amide bonds. The van der Waals surface area contributed by atoms with Crippen molar-refractivity contribution in [3.63, 3.8) is 0 Å². The first-order chi connectivity index (χ1) is 10.3. The third-order valence-corrected chi connectivity index (χ3v) is 3.66. The van der Waals surface area contributed by atoms with Crippen molar-refractivity contribution in [2.45, 2.75) is 31.8 Å². The first-order valence-corrected chi connectivity index (χ1v) is 7.46. The molecule has 0 saturated heterocycles. The van der Waals surface area contributed by atoms with Gasteiger partial charge in [-0.3, -0.25) is 9.97 Å². The Hall–Kier alpha value is -2.01. The summed E-state index contributed by atoms with van der Waals surface area (Å²) in [6, 6.07) is 6.70. The summed E-state index contributed by atoms with van der Waals surface area (Å²) >= 11 is 0. The van der Waals surface area contributed by atoms with Gasteiger partial charge in [-0.15, -0.1) is 0 Å². The molecule has 0 spiro atoms. The molecule has 0 unspecified atom stereocenters.